The lowest BCUT2D eigenvalue weighted by molar-refractivity contribution is -0.0325. The number of hydrogen-bond acceptors (Lipinski definition) is 2. The van der Waals surface area contributed by atoms with Gasteiger partial charge >= 0.3 is 0 Å². The molecule has 1 fully saturated rings. The van der Waals surface area contributed by atoms with Crippen LogP contribution in [0.1, 0.15) is 50.7 Å². The first-order chi connectivity index (χ1) is 9.49. The maximum atomic E-state index is 9.90. The zero-order chi connectivity index (χ0) is 14.4. The first-order valence-electron chi connectivity index (χ1n) is 7.81. The van der Waals surface area contributed by atoms with Crippen LogP contribution in [0.2, 0.25) is 0 Å². The van der Waals surface area contributed by atoms with E-state index in [-0.39, 0.29) is 10.8 Å². The van der Waals surface area contributed by atoms with E-state index in [4.69, 9.17) is 4.74 Å². The maximum Gasteiger partial charge on any atom is 0.115 e. The fourth-order valence-electron chi connectivity index (χ4n) is 5.08. The quantitative estimate of drug-likeness (QED) is 0.881. The predicted molar refractivity (Wildman–Crippen MR) is 81.1 cm³/mol. The van der Waals surface area contributed by atoms with E-state index in [1.165, 1.54) is 36.8 Å². The highest BCUT2D eigenvalue weighted by Crippen LogP contribution is 2.57. The van der Waals surface area contributed by atoms with Crippen LogP contribution in [-0.2, 0) is 16.6 Å². The van der Waals surface area contributed by atoms with Crippen LogP contribution in [0, 0.1) is 11.3 Å². The average Bonchev–Trinajstić information content (AvgIpc) is 2.39. The highest BCUT2D eigenvalue weighted by Gasteiger charge is 2.51. The first-order valence-corrected chi connectivity index (χ1v) is 7.81. The SMILES string of the molecule is COCC1(C)CCCC2(C)c3cc(O)ccc3CCC12. The fraction of sp³-hybridized carbons (Fsp3) is 0.667. The van der Waals surface area contributed by atoms with E-state index in [0.29, 0.717) is 11.7 Å². The summed E-state index contributed by atoms with van der Waals surface area (Å²) >= 11 is 0. The molecule has 2 aliphatic rings. The Morgan fingerprint density at radius 3 is 2.85 bits per heavy atom. The lowest BCUT2D eigenvalue weighted by Crippen LogP contribution is -2.50. The van der Waals surface area contributed by atoms with Gasteiger partial charge in [-0.3, -0.25) is 0 Å². The summed E-state index contributed by atoms with van der Waals surface area (Å²) in [5.41, 5.74) is 3.28. The normalized spacial score (nSPS) is 36.2. The highest BCUT2D eigenvalue weighted by atomic mass is 16.5. The highest BCUT2D eigenvalue weighted by molar-refractivity contribution is 5.43. The molecule has 0 radical (unpaired) electrons. The van der Waals surface area contributed by atoms with Crippen molar-refractivity contribution in [1.82, 2.24) is 0 Å². The molecule has 0 heterocycles. The fourth-order valence-corrected chi connectivity index (χ4v) is 5.08. The second kappa shape index (κ2) is 4.77. The molecule has 1 aromatic rings. The van der Waals surface area contributed by atoms with Crippen molar-refractivity contribution >= 4 is 0 Å². The third-order valence-corrected chi connectivity index (χ3v) is 5.94. The summed E-state index contributed by atoms with van der Waals surface area (Å²) in [6, 6.07) is 5.97. The third-order valence-electron chi connectivity index (χ3n) is 5.94. The predicted octanol–water partition coefficient (Wildman–Crippen LogP) is 4.05. The van der Waals surface area contributed by atoms with Gasteiger partial charge in [0, 0.05) is 7.11 Å². The molecule has 3 rings (SSSR count). The summed E-state index contributed by atoms with van der Waals surface area (Å²) < 4.78 is 5.54. The smallest absolute Gasteiger partial charge is 0.115 e. The van der Waals surface area contributed by atoms with E-state index in [2.05, 4.69) is 19.9 Å². The molecule has 0 aromatic heterocycles. The van der Waals surface area contributed by atoms with Crippen LogP contribution in [0.25, 0.3) is 0 Å². The Balaban J connectivity index is 2.06. The minimum atomic E-state index is 0.192. The van der Waals surface area contributed by atoms with E-state index in [0.717, 1.165) is 13.0 Å². The molecule has 1 saturated carbocycles. The molecule has 20 heavy (non-hydrogen) atoms. The topological polar surface area (TPSA) is 29.5 Å². The molecule has 0 bridgehead atoms. The molecule has 110 valence electrons. The van der Waals surface area contributed by atoms with Gasteiger partial charge in [-0.2, -0.15) is 0 Å². The Hall–Kier alpha value is -1.02. The average molecular weight is 274 g/mol. The van der Waals surface area contributed by atoms with Crippen LogP contribution >= 0.6 is 0 Å². The molecule has 2 aliphatic carbocycles. The number of phenolic OH excluding ortho intramolecular Hbond substituents is 1. The Bertz CT molecular complexity index is 506. The van der Waals surface area contributed by atoms with Crippen molar-refractivity contribution in [3.05, 3.63) is 29.3 Å². The van der Waals surface area contributed by atoms with Gasteiger partial charge in [-0.1, -0.05) is 26.3 Å². The summed E-state index contributed by atoms with van der Waals surface area (Å²) in [5, 5.41) is 9.90. The number of rotatable bonds is 2. The lowest BCUT2D eigenvalue weighted by Gasteiger charge is -2.55. The van der Waals surface area contributed by atoms with Gasteiger partial charge in [0.25, 0.3) is 0 Å². The number of benzene rings is 1. The van der Waals surface area contributed by atoms with Gasteiger partial charge in [-0.05, 0) is 65.7 Å². The van der Waals surface area contributed by atoms with E-state index in [9.17, 15) is 5.11 Å². The Kier molecular flexibility index (Phi) is 3.32. The Morgan fingerprint density at radius 1 is 1.30 bits per heavy atom. The number of ether oxygens (including phenoxy) is 1. The maximum absolute atomic E-state index is 9.90. The standard InChI is InChI=1S/C18H26O2/c1-17(12-20-3)9-4-10-18(2)15-11-14(19)7-5-13(15)6-8-16(17)18/h5,7,11,16,19H,4,6,8-10,12H2,1-3H3. The van der Waals surface area contributed by atoms with Crippen LogP contribution < -0.4 is 0 Å². The molecule has 1 aromatic carbocycles. The largest absolute Gasteiger partial charge is 0.508 e. The van der Waals surface area contributed by atoms with Crippen molar-refractivity contribution < 1.29 is 9.84 Å². The Labute approximate surface area is 122 Å². The van der Waals surface area contributed by atoms with Crippen molar-refractivity contribution in [2.45, 2.75) is 51.4 Å². The number of aromatic hydroxyl groups is 1. The van der Waals surface area contributed by atoms with E-state index < -0.39 is 0 Å². The van der Waals surface area contributed by atoms with Gasteiger partial charge < -0.3 is 9.84 Å². The molecule has 3 atom stereocenters. The zero-order valence-corrected chi connectivity index (χ0v) is 12.9. The number of methoxy groups -OCH3 is 1. The molecular weight excluding hydrogens is 248 g/mol. The van der Waals surface area contributed by atoms with E-state index >= 15 is 0 Å². The molecule has 0 saturated heterocycles. The van der Waals surface area contributed by atoms with Crippen molar-refractivity contribution in [3.8, 4) is 5.75 Å². The van der Waals surface area contributed by atoms with E-state index in [1.807, 2.05) is 19.2 Å². The molecule has 1 N–H and O–H groups in total. The molecule has 2 nitrogen and oxygen atoms in total. The van der Waals surface area contributed by atoms with Crippen molar-refractivity contribution in [2.24, 2.45) is 11.3 Å². The molecule has 0 spiro atoms. The van der Waals surface area contributed by atoms with Gasteiger partial charge in [0.1, 0.15) is 5.75 Å². The number of fused-ring (bicyclic) bond motifs is 3. The van der Waals surface area contributed by atoms with Crippen LogP contribution in [0.5, 0.6) is 5.75 Å². The second-order valence-electron chi connectivity index (χ2n) is 7.29. The molecule has 2 heteroatoms. The Morgan fingerprint density at radius 2 is 2.10 bits per heavy atom. The number of hydrogen-bond donors (Lipinski definition) is 1. The van der Waals surface area contributed by atoms with Crippen molar-refractivity contribution in [3.63, 3.8) is 0 Å². The summed E-state index contributed by atoms with van der Waals surface area (Å²) in [4.78, 5) is 0. The van der Waals surface area contributed by atoms with Gasteiger partial charge in [0.05, 0.1) is 6.61 Å². The third kappa shape index (κ3) is 1.96. The van der Waals surface area contributed by atoms with Crippen molar-refractivity contribution in [1.29, 1.82) is 0 Å². The minimum Gasteiger partial charge on any atom is -0.508 e. The van der Waals surface area contributed by atoms with Gasteiger partial charge in [0.2, 0.25) is 0 Å². The second-order valence-corrected chi connectivity index (χ2v) is 7.29. The molecular formula is C18H26O2. The summed E-state index contributed by atoms with van der Waals surface area (Å²) in [7, 11) is 1.82. The molecule has 0 aliphatic heterocycles. The van der Waals surface area contributed by atoms with Gasteiger partial charge in [-0.25, -0.2) is 0 Å². The van der Waals surface area contributed by atoms with E-state index in [1.54, 1.807) is 0 Å². The lowest BCUT2D eigenvalue weighted by atomic mass is 9.50. The minimum absolute atomic E-state index is 0.192. The van der Waals surface area contributed by atoms with Crippen LogP contribution in [0.15, 0.2) is 18.2 Å². The number of aryl methyl sites for hydroxylation is 1. The van der Waals surface area contributed by atoms with Crippen molar-refractivity contribution in [2.75, 3.05) is 13.7 Å². The zero-order valence-electron chi connectivity index (χ0n) is 12.9. The monoisotopic (exact) mass is 274 g/mol. The molecule has 3 unspecified atom stereocenters. The van der Waals surface area contributed by atoms with Gasteiger partial charge in [0.15, 0.2) is 0 Å². The van der Waals surface area contributed by atoms with Crippen LogP contribution in [-0.4, -0.2) is 18.8 Å². The van der Waals surface area contributed by atoms with Crippen LogP contribution in [0.4, 0.5) is 0 Å². The van der Waals surface area contributed by atoms with Gasteiger partial charge in [-0.15, -0.1) is 0 Å². The molecule has 0 amide bonds. The first kappa shape index (κ1) is 13.9. The summed E-state index contributed by atoms with van der Waals surface area (Å²) in [6.45, 7) is 5.65. The summed E-state index contributed by atoms with van der Waals surface area (Å²) in [5.74, 6) is 1.06. The number of phenols is 1. The van der Waals surface area contributed by atoms with Crippen LogP contribution in [0.3, 0.4) is 0 Å². The summed E-state index contributed by atoms with van der Waals surface area (Å²) in [6.07, 6.45) is 6.12.